The second-order valence-electron chi connectivity index (χ2n) is 5.61. The Kier molecular flexibility index (Phi) is 4.70. The van der Waals surface area contributed by atoms with Crippen LogP contribution in [0.2, 0.25) is 0 Å². The predicted octanol–water partition coefficient (Wildman–Crippen LogP) is 2.99. The molecular weight excluding hydrogens is 321 g/mol. The number of hydrogen-bond donors (Lipinski definition) is 1. The summed E-state index contributed by atoms with van der Waals surface area (Å²) in [6.07, 6.45) is 1.40. The second-order valence-corrected chi connectivity index (χ2v) is 5.61. The van der Waals surface area contributed by atoms with Gasteiger partial charge in [-0.05, 0) is 36.2 Å². The average Bonchev–Trinajstić information content (AvgIpc) is 2.61. The predicted molar refractivity (Wildman–Crippen MR) is 93.1 cm³/mol. The van der Waals surface area contributed by atoms with Gasteiger partial charge >= 0.3 is 0 Å². The zero-order valence-corrected chi connectivity index (χ0v) is 13.6. The summed E-state index contributed by atoms with van der Waals surface area (Å²) in [6, 6.07) is 15.1. The van der Waals surface area contributed by atoms with Gasteiger partial charge in [0.05, 0.1) is 6.54 Å². The third kappa shape index (κ3) is 3.80. The van der Waals surface area contributed by atoms with Crippen LogP contribution in [0, 0.1) is 12.7 Å². The minimum atomic E-state index is -0.600. The lowest BCUT2D eigenvalue weighted by atomic mass is 10.2. The third-order valence-electron chi connectivity index (χ3n) is 3.76. The number of benzene rings is 2. The maximum Gasteiger partial charge on any atom is 0.279 e. The first-order valence-corrected chi connectivity index (χ1v) is 7.72. The summed E-state index contributed by atoms with van der Waals surface area (Å²) in [5, 5.41) is 6.55. The average molecular weight is 337 g/mol. The number of amides is 1. The highest BCUT2D eigenvalue weighted by atomic mass is 19.1. The summed E-state index contributed by atoms with van der Waals surface area (Å²) in [4.78, 5) is 24.9. The topological polar surface area (TPSA) is 64.0 Å². The van der Waals surface area contributed by atoms with Gasteiger partial charge in [0.15, 0.2) is 0 Å². The summed E-state index contributed by atoms with van der Waals surface area (Å²) < 4.78 is 14.8. The molecule has 0 spiro atoms. The maximum absolute atomic E-state index is 13.6. The summed E-state index contributed by atoms with van der Waals surface area (Å²) in [6.45, 7) is 1.89. The smallest absolute Gasteiger partial charge is 0.279 e. The van der Waals surface area contributed by atoms with Crippen molar-refractivity contribution in [3.05, 3.63) is 93.7 Å². The van der Waals surface area contributed by atoms with Crippen molar-refractivity contribution >= 4 is 11.6 Å². The summed E-state index contributed by atoms with van der Waals surface area (Å²) >= 11 is 0. The first-order valence-electron chi connectivity index (χ1n) is 7.72. The van der Waals surface area contributed by atoms with Crippen molar-refractivity contribution in [2.24, 2.45) is 0 Å². The molecule has 0 aliphatic carbocycles. The minimum Gasteiger partial charge on any atom is -0.322 e. The molecule has 126 valence electrons. The van der Waals surface area contributed by atoms with Crippen molar-refractivity contribution in [2.45, 2.75) is 13.5 Å². The molecule has 1 aromatic heterocycles. The largest absolute Gasteiger partial charge is 0.322 e. The number of rotatable bonds is 4. The van der Waals surface area contributed by atoms with E-state index in [-0.39, 0.29) is 12.1 Å². The van der Waals surface area contributed by atoms with Gasteiger partial charge in [-0.3, -0.25) is 9.59 Å². The molecule has 2 aromatic carbocycles. The first kappa shape index (κ1) is 16.6. The molecular formula is C19H16FN3O2. The van der Waals surface area contributed by atoms with Crippen molar-refractivity contribution < 1.29 is 9.18 Å². The minimum absolute atomic E-state index is 0.0492. The van der Waals surface area contributed by atoms with Crippen LogP contribution in [0.15, 0.2) is 65.6 Å². The number of carbonyl (C=O) groups is 1. The quantitative estimate of drug-likeness (QED) is 0.796. The number of nitrogens with zero attached hydrogens (tertiary/aromatic N) is 2. The van der Waals surface area contributed by atoms with Crippen LogP contribution in [-0.2, 0) is 6.54 Å². The number of nitrogens with one attached hydrogen (secondary N) is 1. The molecule has 1 amide bonds. The van der Waals surface area contributed by atoms with E-state index in [9.17, 15) is 14.0 Å². The van der Waals surface area contributed by atoms with Crippen molar-refractivity contribution in [2.75, 3.05) is 5.32 Å². The van der Waals surface area contributed by atoms with Gasteiger partial charge < -0.3 is 5.32 Å². The van der Waals surface area contributed by atoms with E-state index >= 15 is 0 Å². The molecule has 0 saturated carbocycles. The van der Waals surface area contributed by atoms with E-state index in [1.165, 1.54) is 23.0 Å². The molecule has 1 N–H and O–H groups in total. The lowest BCUT2D eigenvalue weighted by molar-refractivity contribution is 0.102. The van der Waals surface area contributed by atoms with Crippen molar-refractivity contribution in [3.63, 3.8) is 0 Å². The van der Waals surface area contributed by atoms with Crippen LogP contribution in [0.5, 0.6) is 0 Å². The van der Waals surface area contributed by atoms with Crippen LogP contribution < -0.4 is 10.9 Å². The third-order valence-corrected chi connectivity index (χ3v) is 3.76. The molecule has 0 aliphatic heterocycles. The highest BCUT2D eigenvalue weighted by Gasteiger charge is 2.14. The molecule has 0 saturated heterocycles. The first-order chi connectivity index (χ1) is 12.0. The Balaban J connectivity index is 1.84. The van der Waals surface area contributed by atoms with E-state index in [0.717, 1.165) is 5.56 Å². The number of halogens is 1. The summed E-state index contributed by atoms with van der Waals surface area (Å²) in [5.41, 5.74) is 1.12. The zero-order valence-electron chi connectivity index (χ0n) is 13.6. The molecule has 0 atom stereocenters. The van der Waals surface area contributed by atoms with Crippen molar-refractivity contribution in [1.29, 1.82) is 0 Å². The maximum atomic E-state index is 13.6. The van der Waals surface area contributed by atoms with E-state index < -0.39 is 17.3 Å². The van der Waals surface area contributed by atoms with Crippen LogP contribution >= 0.6 is 0 Å². The van der Waals surface area contributed by atoms with Gasteiger partial charge in [0.25, 0.3) is 11.5 Å². The number of carbonyl (C=O) groups excluding carboxylic acids is 1. The van der Waals surface area contributed by atoms with Crippen LogP contribution in [0.4, 0.5) is 10.1 Å². The van der Waals surface area contributed by atoms with E-state index in [0.29, 0.717) is 11.3 Å². The van der Waals surface area contributed by atoms with E-state index in [4.69, 9.17) is 0 Å². The van der Waals surface area contributed by atoms with Gasteiger partial charge in [-0.25, -0.2) is 9.07 Å². The fourth-order valence-corrected chi connectivity index (χ4v) is 2.36. The van der Waals surface area contributed by atoms with Crippen molar-refractivity contribution in [1.82, 2.24) is 9.78 Å². The monoisotopic (exact) mass is 337 g/mol. The van der Waals surface area contributed by atoms with Gasteiger partial charge in [-0.1, -0.05) is 36.4 Å². The van der Waals surface area contributed by atoms with Crippen LogP contribution in [-0.4, -0.2) is 15.7 Å². The SMILES string of the molecule is Cc1ccc(NC(=O)c2ccnn(Cc3ccccc3)c2=O)cc1F. The van der Waals surface area contributed by atoms with E-state index in [2.05, 4.69) is 10.4 Å². The highest BCUT2D eigenvalue weighted by molar-refractivity contribution is 6.03. The van der Waals surface area contributed by atoms with Crippen LogP contribution in [0.1, 0.15) is 21.5 Å². The van der Waals surface area contributed by atoms with E-state index in [1.807, 2.05) is 30.3 Å². The molecule has 0 unspecified atom stereocenters. The molecule has 0 bridgehead atoms. The fourth-order valence-electron chi connectivity index (χ4n) is 2.36. The van der Waals surface area contributed by atoms with Crippen LogP contribution in [0.3, 0.4) is 0 Å². The Hall–Kier alpha value is -3.28. The second kappa shape index (κ2) is 7.09. The normalized spacial score (nSPS) is 10.5. The Bertz CT molecular complexity index is 968. The summed E-state index contributed by atoms with van der Waals surface area (Å²) in [5.74, 6) is -1.02. The van der Waals surface area contributed by atoms with Gasteiger partial charge in [0.1, 0.15) is 11.4 Å². The Morgan fingerprint density at radius 3 is 2.64 bits per heavy atom. The van der Waals surface area contributed by atoms with Gasteiger partial charge in [0, 0.05) is 11.9 Å². The number of anilines is 1. The molecule has 3 aromatic rings. The molecule has 0 fully saturated rings. The van der Waals surface area contributed by atoms with Gasteiger partial charge in [-0.15, -0.1) is 0 Å². The van der Waals surface area contributed by atoms with E-state index in [1.54, 1.807) is 19.1 Å². The summed E-state index contributed by atoms with van der Waals surface area (Å²) in [7, 11) is 0. The highest BCUT2D eigenvalue weighted by Crippen LogP contribution is 2.14. The molecule has 6 heteroatoms. The standard InChI is InChI=1S/C19H16FN3O2/c1-13-7-8-15(11-17(13)20)22-18(24)16-9-10-21-23(19(16)25)12-14-5-3-2-4-6-14/h2-11H,12H2,1H3,(H,22,24). The molecule has 1 heterocycles. The molecule has 0 radical (unpaired) electrons. The van der Waals surface area contributed by atoms with Gasteiger partial charge in [0.2, 0.25) is 0 Å². The lowest BCUT2D eigenvalue weighted by Gasteiger charge is -2.08. The van der Waals surface area contributed by atoms with Crippen molar-refractivity contribution in [3.8, 4) is 0 Å². The molecule has 25 heavy (non-hydrogen) atoms. The Labute approximate surface area is 143 Å². The number of aromatic nitrogens is 2. The fraction of sp³-hybridized carbons (Fsp3) is 0.105. The lowest BCUT2D eigenvalue weighted by Crippen LogP contribution is -2.30. The van der Waals surface area contributed by atoms with Crippen LogP contribution in [0.25, 0.3) is 0 Å². The Morgan fingerprint density at radius 1 is 1.16 bits per heavy atom. The molecule has 0 aliphatic rings. The Morgan fingerprint density at radius 2 is 1.92 bits per heavy atom. The zero-order chi connectivity index (χ0) is 17.8. The number of aryl methyl sites for hydroxylation is 1. The molecule has 3 rings (SSSR count). The van der Waals surface area contributed by atoms with Gasteiger partial charge in [-0.2, -0.15) is 5.10 Å². The number of hydrogen-bond acceptors (Lipinski definition) is 3. The molecule has 5 nitrogen and oxygen atoms in total.